The number of hydrogen-bond acceptors (Lipinski definition) is 5. The average molecular weight is 299 g/mol. The lowest BCUT2D eigenvalue weighted by molar-refractivity contribution is 0.0601. The molecular weight excluding hydrogens is 282 g/mol. The normalized spacial score (nSPS) is 16.6. The lowest BCUT2D eigenvalue weighted by Gasteiger charge is -2.26. The monoisotopic (exact) mass is 299 g/mol. The fourth-order valence-electron chi connectivity index (χ4n) is 1.89. The molecular formula is C12H17N3O4S. The molecule has 7 nitrogen and oxygen atoms in total. The fraction of sp³-hybridized carbons (Fsp3) is 0.417. The molecule has 0 amide bonds. The minimum atomic E-state index is -3.55. The van der Waals surface area contributed by atoms with Crippen LogP contribution in [0.1, 0.15) is 10.4 Å². The third-order valence-corrected chi connectivity index (χ3v) is 4.51. The van der Waals surface area contributed by atoms with E-state index in [1.54, 1.807) is 0 Å². The highest BCUT2D eigenvalue weighted by atomic mass is 32.2. The van der Waals surface area contributed by atoms with Crippen molar-refractivity contribution >= 4 is 21.9 Å². The zero-order valence-corrected chi connectivity index (χ0v) is 11.9. The van der Waals surface area contributed by atoms with Crippen molar-refractivity contribution in [1.82, 2.24) is 9.62 Å². The molecule has 0 unspecified atom stereocenters. The van der Waals surface area contributed by atoms with Crippen LogP contribution in [-0.4, -0.2) is 52.0 Å². The molecule has 1 aromatic rings. The van der Waals surface area contributed by atoms with Gasteiger partial charge >= 0.3 is 16.2 Å². The van der Waals surface area contributed by atoms with Crippen LogP contribution in [0.2, 0.25) is 0 Å². The summed E-state index contributed by atoms with van der Waals surface area (Å²) in [6.45, 7) is 2.16. The molecule has 2 N–H and O–H groups in total. The predicted molar refractivity (Wildman–Crippen MR) is 74.8 cm³/mol. The Balaban J connectivity index is 2.07. The lowest BCUT2D eigenvalue weighted by atomic mass is 10.2. The number of carbonyl (C=O) groups is 1. The summed E-state index contributed by atoms with van der Waals surface area (Å²) in [5, 5.41) is 3.09. The van der Waals surface area contributed by atoms with Crippen molar-refractivity contribution in [2.45, 2.75) is 0 Å². The Labute approximate surface area is 118 Å². The Morgan fingerprint density at radius 1 is 1.25 bits per heavy atom. The molecule has 1 aromatic carbocycles. The average Bonchev–Trinajstić information content (AvgIpc) is 2.48. The van der Waals surface area contributed by atoms with E-state index in [1.165, 1.54) is 35.7 Å². The number of piperazine rings is 1. The van der Waals surface area contributed by atoms with Gasteiger partial charge in [-0.1, -0.05) is 0 Å². The SMILES string of the molecule is COC(=O)c1ccc(NS(=O)(=O)N2CCNCC2)cc1. The standard InChI is InChI=1S/C12H17N3O4S/c1-19-12(16)10-2-4-11(5-3-10)14-20(17,18)15-8-6-13-7-9-15/h2-5,13-14H,6-9H2,1H3. The van der Waals surface area contributed by atoms with Crippen molar-refractivity contribution in [2.24, 2.45) is 0 Å². The largest absolute Gasteiger partial charge is 0.465 e. The van der Waals surface area contributed by atoms with Gasteiger partial charge in [-0.25, -0.2) is 4.79 Å². The van der Waals surface area contributed by atoms with E-state index in [0.29, 0.717) is 37.4 Å². The van der Waals surface area contributed by atoms with Crippen molar-refractivity contribution in [3.63, 3.8) is 0 Å². The van der Waals surface area contributed by atoms with E-state index in [4.69, 9.17) is 0 Å². The van der Waals surface area contributed by atoms with Gasteiger partial charge in [0.2, 0.25) is 0 Å². The molecule has 2 rings (SSSR count). The summed E-state index contributed by atoms with van der Waals surface area (Å²) in [6.07, 6.45) is 0. The van der Waals surface area contributed by atoms with Crippen LogP contribution < -0.4 is 10.0 Å². The zero-order valence-electron chi connectivity index (χ0n) is 11.1. The van der Waals surface area contributed by atoms with Gasteiger partial charge in [-0.15, -0.1) is 0 Å². The van der Waals surface area contributed by atoms with E-state index < -0.39 is 16.2 Å². The molecule has 8 heteroatoms. The first-order chi connectivity index (χ1) is 9.53. The van der Waals surface area contributed by atoms with Crippen LogP contribution in [0, 0.1) is 0 Å². The smallest absolute Gasteiger partial charge is 0.337 e. The molecule has 0 radical (unpaired) electrons. The maximum Gasteiger partial charge on any atom is 0.337 e. The van der Waals surface area contributed by atoms with Crippen LogP contribution in [0.25, 0.3) is 0 Å². The van der Waals surface area contributed by atoms with Crippen molar-refractivity contribution in [2.75, 3.05) is 38.0 Å². The van der Waals surface area contributed by atoms with Gasteiger partial charge in [0.25, 0.3) is 0 Å². The van der Waals surface area contributed by atoms with Crippen molar-refractivity contribution < 1.29 is 17.9 Å². The molecule has 1 aliphatic rings. The van der Waals surface area contributed by atoms with Crippen molar-refractivity contribution in [3.05, 3.63) is 29.8 Å². The Hall–Kier alpha value is -1.64. The highest BCUT2D eigenvalue weighted by molar-refractivity contribution is 7.90. The van der Waals surface area contributed by atoms with Crippen LogP contribution in [-0.2, 0) is 14.9 Å². The Kier molecular flexibility index (Phi) is 4.58. The Morgan fingerprint density at radius 3 is 2.40 bits per heavy atom. The van der Waals surface area contributed by atoms with Crippen molar-refractivity contribution in [3.8, 4) is 0 Å². The number of benzene rings is 1. The zero-order chi connectivity index (χ0) is 14.6. The molecule has 110 valence electrons. The second kappa shape index (κ2) is 6.21. The number of nitrogens with one attached hydrogen (secondary N) is 2. The van der Waals surface area contributed by atoms with Crippen LogP contribution >= 0.6 is 0 Å². The number of rotatable bonds is 4. The maximum atomic E-state index is 12.1. The first kappa shape index (κ1) is 14.8. The molecule has 1 heterocycles. The highest BCUT2D eigenvalue weighted by Crippen LogP contribution is 2.14. The molecule has 0 aromatic heterocycles. The van der Waals surface area contributed by atoms with Crippen LogP contribution in [0.3, 0.4) is 0 Å². The molecule has 0 saturated carbocycles. The Morgan fingerprint density at radius 2 is 1.85 bits per heavy atom. The molecule has 1 fully saturated rings. The summed E-state index contributed by atoms with van der Waals surface area (Å²) in [7, 11) is -2.25. The van der Waals surface area contributed by atoms with E-state index in [0.717, 1.165) is 0 Å². The number of esters is 1. The quantitative estimate of drug-likeness (QED) is 0.766. The minimum Gasteiger partial charge on any atom is -0.465 e. The van der Waals surface area contributed by atoms with Gasteiger partial charge in [-0.3, -0.25) is 4.72 Å². The lowest BCUT2D eigenvalue weighted by Crippen LogP contribution is -2.48. The third-order valence-electron chi connectivity index (χ3n) is 2.97. The number of anilines is 1. The summed E-state index contributed by atoms with van der Waals surface area (Å²) in [4.78, 5) is 11.3. The molecule has 0 bridgehead atoms. The summed E-state index contributed by atoms with van der Waals surface area (Å²) in [5.41, 5.74) is 0.786. The summed E-state index contributed by atoms with van der Waals surface area (Å²) in [6, 6.07) is 6.10. The van der Waals surface area contributed by atoms with Gasteiger partial charge in [0.05, 0.1) is 12.7 Å². The van der Waals surface area contributed by atoms with Gasteiger partial charge in [0, 0.05) is 31.9 Å². The summed E-state index contributed by atoms with van der Waals surface area (Å²) in [5.74, 6) is -0.457. The third kappa shape index (κ3) is 3.47. The molecule has 1 saturated heterocycles. The molecule has 1 aliphatic heterocycles. The number of nitrogens with zero attached hydrogens (tertiary/aromatic N) is 1. The second-order valence-electron chi connectivity index (χ2n) is 4.33. The molecule has 0 spiro atoms. The molecule has 0 aliphatic carbocycles. The number of hydrogen-bond donors (Lipinski definition) is 2. The van der Waals surface area contributed by atoms with Crippen LogP contribution in [0.4, 0.5) is 5.69 Å². The van der Waals surface area contributed by atoms with E-state index in [1.807, 2.05) is 0 Å². The first-order valence-electron chi connectivity index (χ1n) is 6.20. The number of carbonyl (C=O) groups excluding carboxylic acids is 1. The summed E-state index contributed by atoms with van der Waals surface area (Å²) >= 11 is 0. The van der Waals surface area contributed by atoms with Gasteiger partial charge in [0.1, 0.15) is 0 Å². The van der Waals surface area contributed by atoms with E-state index in [-0.39, 0.29) is 0 Å². The molecule has 0 atom stereocenters. The van der Waals surface area contributed by atoms with Crippen LogP contribution in [0.5, 0.6) is 0 Å². The molecule has 20 heavy (non-hydrogen) atoms. The van der Waals surface area contributed by atoms with E-state index in [2.05, 4.69) is 14.8 Å². The van der Waals surface area contributed by atoms with E-state index in [9.17, 15) is 13.2 Å². The van der Waals surface area contributed by atoms with Gasteiger partial charge in [-0.2, -0.15) is 12.7 Å². The second-order valence-corrected chi connectivity index (χ2v) is 6.00. The predicted octanol–water partition coefficient (Wildman–Crippen LogP) is 0.0351. The maximum absolute atomic E-state index is 12.1. The van der Waals surface area contributed by atoms with Gasteiger partial charge < -0.3 is 10.1 Å². The van der Waals surface area contributed by atoms with Gasteiger partial charge in [0.15, 0.2) is 0 Å². The first-order valence-corrected chi connectivity index (χ1v) is 7.64. The van der Waals surface area contributed by atoms with Crippen molar-refractivity contribution in [1.29, 1.82) is 0 Å². The fourth-order valence-corrected chi connectivity index (χ4v) is 3.12. The van der Waals surface area contributed by atoms with Crippen LogP contribution in [0.15, 0.2) is 24.3 Å². The number of methoxy groups -OCH3 is 1. The Bertz CT molecular complexity index is 565. The minimum absolute atomic E-state index is 0.373. The number of ether oxygens (including phenoxy) is 1. The highest BCUT2D eigenvalue weighted by Gasteiger charge is 2.23. The topological polar surface area (TPSA) is 87.7 Å². The summed E-state index contributed by atoms with van der Waals surface area (Å²) < 4.78 is 32.7. The van der Waals surface area contributed by atoms with E-state index >= 15 is 0 Å². The van der Waals surface area contributed by atoms with Gasteiger partial charge in [-0.05, 0) is 24.3 Å².